The van der Waals surface area contributed by atoms with E-state index in [2.05, 4.69) is 95.6 Å². The summed E-state index contributed by atoms with van der Waals surface area (Å²) >= 11 is 1.85. The third-order valence-electron chi connectivity index (χ3n) is 9.84. The zero-order valence-corrected chi connectivity index (χ0v) is 27.9. The van der Waals surface area contributed by atoms with Gasteiger partial charge in [0.1, 0.15) is 5.58 Å². The summed E-state index contributed by atoms with van der Waals surface area (Å²) < 4.78 is 11.7. The average molecular weight is 671 g/mol. The van der Waals surface area contributed by atoms with Crippen LogP contribution in [0.25, 0.3) is 104 Å². The Hall–Kier alpha value is -6.63. The molecule has 0 atom stereocenters. The number of benzene rings is 7. The Morgan fingerprint density at radius 2 is 1.00 bits per heavy atom. The van der Waals surface area contributed by atoms with Crippen molar-refractivity contribution in [3.63, 3.8) is 0 Å². The van der Waals surface area contributed by atoms with E-state index >= 15 is 0 Å². The van der Waals surface area contributed by atoms with Gasteiger partial charge in [0.15, 0.2) is 23.1 Å². The number of hydrogen-bond acceptors (Lipinski definition) is 5. The lowest BCUT2D eigenvalue weighted by Gasteiger charge is -2.11. The fourth-order valence-electron chi connectivity index (χ4n) is 7.58. The van der Waals surface area contributed by atoms with Gasteiger partial charge in [-0.05, 0) is 42.5 Å². The van der Waals surface area contributed by atoms with Crippen LogP contribution in [-0.2, 0) is 0 Å². The highest BCUT2D eigenvalue weighted by Crippen LogP contribution is 2.50. The number of fused-ring (bicyclic) bond motifs is 12. The topological polar surface area (TPSA) is 56.7 Å². The first-order chi connectivity index (χ1) is 25.3. The fraction of sp³-hybridized carbons (Fsp3) is 0. The van der Waals surface area contributed by atoms with E-state index in [0.29, 0.717) is 17.5 Å². The first kappa shape index (κ1) is 28.2. The molecule has 238 valence electrons. The lowest BCUT2D eigenvalue weighted by Crippen LogP contribution is -2.00. The maximum atomic E-state index is 6.82. The number of furan rings is 1. The van der Waals surface area contributed by atoms with Crippen LogP contribution >= 0.6 is 11.3 Å². The van der Waals surface area contributed by atoms with Gasteiger partial charge in [0, 0.05) is 64.1 Å². The van der Waals surface area contributed by atoms with Crippen LogP contribution in [0.1, 0.15) is 0 Å². The molecular weight excluding hydrogens is 645 g/mol. The molecule has 0 fully saturated rings. The Balaban J connectivity index is 1.18. The van der Waals surface area contributed by atoms with Crippen LogP contribution in [0.2, 0.25) is 0 Å². The largest absolute Gasteiger partial charge is 0.454 e. The minimum atomic E-state index is 0.627. The lowest BCUT2D eigenvalue weighted by atomic mass is 10.0. The molecule has 11 aromatic rings. The zero-order chi connectivity index (χ0) is 33.5. The minimum Gasteiger partial charge on any atom is -0.454 e. The quantitative estimate of drug-likeness (QED) is 0.187. The normalized spacial score (nSPS) is 11.9. The second-order valence-electron chi connectivity index (χ2n) is 12.8. The third kappa shape index (κ3) is 4.24. The molecule has 11 rings (SSSR count). The highest BCUT2D eigenvalue weighted by atomic mass is 32.1. The third-order valence-corrected chi connectivity index (χ3v) is 11.0. The second-order valence-corrected chi connectivity index (χ2v) is 13.8. The summed E-state index contributed by atoms with van der Waals surface area (Å²) in [6.45, 7) is 0. The van der Waals surface area contributed by atoms with Crippen molar-refractivity contribution in [2.75, 3.05) is 0 Å². The standard InChI is InChI=1S/C45H26N4OS/c1-3-13-27(14-4-1)43-46-44(28-15-5-2-6-16-28)48-45(47-43)29-23-25-30(26-24-29)49-34-20-10-7-17-31(34)37-38-33-19-9-12-22-36(33)51-42(38)39-32-18-8-11-21-35(32)50-41(39)40(37)49/h1-26H. The number of thiophene rings is 1. The van der Waals surface area contributed by atoms with Gasteiger partial charge in [0.25, 0.3) is 0 Å². The number of aromatic nitrogens is 4. The Kier molecular flexibility index (Phi) is 6.05. The number of hydrogen-bond donors (Lipinski definition) is 0. The molecule has 0 saturated carbocycles. The van der Waals surface area contributed by atoms with Crippen LogP contribution in [0.5, 0.6) is 0 Å². The summed E-state index contributed by atoms with van der Waals surface area (Å²) in [5.41, 5.74) is 7.84. The van der Waals surface area contributed by atoms with Crippen LogP contribution in [-0.4, -0.2) is 19.5 Å². The summed E-state index contributed by atoms with van der Waals surface area (Å²) in [6, 6.07) is 54.6. The van der Waals surface area contributed by atoms with Crippen LogP contribution < -0.4 is 0 Å². The van der Waals surface area contributed by atoms with E-state index in [1.54, 1.807) is 0 Å². The van der Waals surface area contributed by atoms with Gasteiger partial charge in [-0.25, -0.2) is 15.0 Å². The molecule has 5 nitrogen and oxygen atoms in total. The molecule has 0 aliphatic heterocycles. The maximum absolute atomic E-state index is 6.82. The van der Waals surface area contributed by atoms with E-state index in [0.717, 1.165) is 50.0 Å². The Morgan fingerprint density at radius 1 is 0.451 bits per heavy atom. The number of para-hydroxylation sites is 2. The van der Waals surface area contributed by atoms with Crippen LogP contribution in [0.3, 0.4) is 0 Å². The van der Waals surface area contributed by atoms with Gasteiger partial charge < -0.3 is 8.98 Å². The maximum Gasteiger partial charge on any atom is 0.164 e. The molecule has 0 aliphatic carbocycles. The van der Waals surface area contributed by atoms with Crippen molar-refractivity contribution in [1.29, 1.82) is 0 Å². The zero-order valence-electron chi connectivity index (χ0n) is 27.1. The molecular formula is C45H26N4OS. The summed E-state index contributed by atoms with van der Waals surface area (Å²) in [5, 5.41) is 7.27. The van der Waals surface area contributed by atoms with Gasteiger partial charge >= 0.3 is 0 Å². The van der Waals surface area contributed by atoms with Gasteiger partial charge in [-0.15, -0.1) is 11.3 Å². The average Bonchev–Trinajstić information content (AvgIpc) is 3.88. The van der Waals surface area contributed by atoms with Crippen molar-refractivity contribution in [2.45, 2.75) is 0 Å². The first-order valence-corrected chi connectivity index (χ1v) is 17.8. The van der Waals surface area contributed by atoms with Crippen molar-refractivity contribution >= 4 is 75.3 Å². The number of rotatable bonds is 4. The van der Waals surface area contributed by atoms with Gasteiger partial charge in [-0.2, -0.15) is 0 Å². The van der Waals surface area contributed by atoms with Crippen LogP contribution in [0, 0.1) is 0 Å². The smallest absolute Gasteiger partial charge is 0.164 e. The Morgan fingerprint density at radius 3 is 1.69 bits per heavy atom. The van der Waals surface area contributed by atoms with Gasteiger partial charge in [0.2, 0.25) is 0 Å². The molecule has 4 aromatic heterocycles. The highest BCUT2D eigenvalue weighted by molar-refractivity contribution is 7.27. The SMILES string of the molecule is c1ccc(-c2nc(-c3ccccc3)nc(-c3ccc(-n4c5ccccc5c5c6c7ccccc7sc6c6c7ccccc7oc6c54)cc3)n2)cc1. The Labute approximate surface area is 295 Å². The predicted octanol–water partition coefficient (Wildman–Crippen LogP) is 12.2. The summed E-state index contributed by atoms with van der Waals surface area (Å²) in [6.07, 6.45) is 0. The van der Waals surface area contributed by atoms with Gasteiger partial charge in [-0.3, -0.25) is 0 Å². The predicted molar refractivity (Wildman–Crippen MR) is 211 cm³/mol. The van der Waals surface area contributed by atoms with Crippen LogP contribution in [0.15, 0.2) is 162 Å². The molecule has 0 unspecified atom stereocenters. The van der Waals surface area contributed by atoms with E-state index < -0.39 is 0 Å². The molecule has 0 spiro atoms. The molecule has 0 bridgehead atoms. The van der Waals surface area contributed by atoms with E-state index in [1.165, 1.54) is 36.3 Å². The number of nitrogens with zero attached hydrogens (tertiary/aromatic N) is 4. The second kappa shape index (κ2) is 10.9. The highest BCUT2D eigenvalue weighted by Gasteiger charge is 2.25. The van der Waals surface area contributed by atoms with Crippen molar-refractivity contribution in [3.05, 3.63) is 158 Å². The summed E-state index contributed by atoms with van der Waals surface area (Å²) in [7, 11) is 0. The molecule has 0 aliphatic rings. The molecule has 51 heavy (non-hydrogen) atoms. The van der Waals surface area contributed by atoms with Gasteiger partial charge in [-0.1, -0.05) is 115 Å². The monoisotopic (exact) mass is 670 g/mol. The van der Waals surface area contributed by atoms with E-state index in [9.17, 15) is 0 Å². The molecule has 6 heteroatoms. The van der Waals surface area contributed by atoms with Crippen molar-refractivity contribution in [3.8, 4) is 39.9 Å². The summed E-state index contributed by atoms with van der Waals surface area (Å²) in [4.78, 5) is 14.8. The van der Waals surface area contributed by atoms with E-state index in [-0.39, 0.29) is 0 Å². The van der Waals surface area contributed by atoms with Crippen LogP contribution in [0.4, 0.5) is 0 Å². The molecule has 0 N–H and O–H groups in total. The molecule has 4 heterocycles. The van der Waals surface area contributed by atoms with Crippen molar-refractivity contribution in [1.82, 2.24) is 19.5 Å². The molecule has 0 amide bonds. The molecule has 0 saturated heterocycles. The van der Waals surface area contributed by atoms with E-state index in [1.807, 2.05) is 78.1 Å². The Bertz CT molecular complexity index is 3070. The summed E-state index contributed by atoms with van der Waals surface area (Å²) in [5.74, 6) is 1.91. The lowest BCUT2D eigenvalue weighted by molar-refractivity contribution is 0.671. The van der Waals surface area contributed by atoms with Crippen molar-refractivity contribution < 1.29 is 4.42 Å². The molecule has 7 aromatic carbocycles. The molecule has 0 radical (unpaired) electrons. The first-order valence-electron chi connectivity index (χ1n) is 17.0. The van der Waals surface area contributed by atoms with E-state index in [4.69, 9.17) is 19.4 Å². The minimum absolute atomic E-state index is 0.627. The fourth-order valence-corrected chi connectivity index (χ4v) is 8.85. The van der Waals surface area contributed by atoms with Gasteiger partial charge in [0.05, 0.1) is 11.0 Å². The van der Waals surface area contributed by atoms with Crippen molar-refractivity contribution in [2.24, 2.45) is 0 Å².